The van der Waals surface area contributed by atoms with E-state index in [4.69, 9.17) is 0 Å². The molecule has 0 radical (unpaired) electrons. The summed E-state index contributed by atoms with van der Waals surface area (Å²) in [4.78, 5) is 57.0. The summed E-state index contributed by atoms with van der Waals surface area (Å²) in [5.74, 6) is -1.88. The molecule has 166 valence electrons. The molecule has 0 unspecified atom stereocenters. The Morgan fingerprint density at radius 1 is 0.606 bits per heavy atom. The van der Waals surface area contributed by atoms with E-state index in [1.165, 1.54) is 60.7 Å². The molecule has 3 N–H and O–H groups in total. The van der Waals surface area contributed by atoms with Crippen LogP contribution in [-0.4, -0.2) is 27.6 Å². The third-order valence-corrected chi connectivity index (χ3v) is 4.35. The maximum atomic E-state index is 12.3. The van der Waals surface area contributed by atoms with Crippen molar-refractivity contribution < 1.29 is 24.2 Å². The van der Waals surface area contributed by atoms with Gasteiger partial charge in [-0.2, -0.15) is 0 Å². The number of hydrogen-bond acceptors (Lipinski definition) is 7. The molecule has 0 heterocycles. The van der Waals surface area contributed by atoms with E-state index < -0.39 is 27.6 Å². The first-order valence-electron chi connectivity index (χ1n) is 9.25. The average Bonchev–Trinajstić information content (AvgIpc) is 2.82. The molecule has 0 spiro atoms. The van der Waals surface area contributed by atoms with E-state index in [1.54, 1.807) is 0 Å². The van der Waals surface area contributed by atoms with Gasteiger partial charge in [-0.3, -0.25) is 45.5 Å². The van der Waals surface area contributed by atoms with Crippen LogP contribution in [0.4, 0.5) is 17.1 Å². The Morgan fingerprint density at radius 2 is 1.06 bits per heavy atom. The molecule has 0 aliphatic rings. The smallest absolute Gasteiger partial charge is 0.269 e. The molecule has 0 bridgehead atoms. The van der Waals surface area contributed by atoms with E-state index in [9.17, 15) is 34.6 Å². The first-order chi connectivity index (χ1) is 15.7. The highest BCUT2D eigenvalue weighted by molar-refractivity contribution is 6.05. The molecule has 0 saturated carbocycles. The zero-order valence-corrected chi connectivity index (χ0v) is 16.7. The lowest BCUT2D eigenvalue weighted by Gasteiger charge is -2.09. The Kier molecular flexibility index (Phi) is 6.69. The Balaban J connectivity index is 1.60. The average molecular weight is 449 g/mol. The van der Waals surface area contributed by atoms with Crippen LogP contribution in [0, 0.1) is 20.2 Å². The Morgan fingerprint density at radius 3 is 1.55 bits per heavy atom. The van der Waals surface area contributed by atoms with Gasteiger partial charge >= 0.3 is 0 Å². The molecular weight excluding hydrogens is 434 g/mol. The number of benzene rings is 3. The van der Waals surface area contributed by atoms with Gasteiger partial charge in [0.1, 0.15) is 0 Å². The molecular formula is C21H15N5O7. The van der Waals surface area contributed by atoms with Gasteiger partial charge in [0.25, 0.3) is 29.1 Å². The van der Waals surface area contributed by atoms with Gasteiger partial charge in [0, 0.05) is 46.6 Å². The third kappa shape index (κ3) is 5.73. The number of anilines is 1. The second-order valence-electron chi connectivity index (χ2n) is 6.55. The van der Waals surface area contributed by atoms with Gasteiger partial charge in [-0.25, -0.2) is 0 Å². The maximum Gasteiger partial charge on any atom is 0.269 e. The fraction of sp³-hybridized carbons (Fsp3) is 0. The van der Waals surface area contributed by atoms with E-state index >= 15 is 0 Å². The monoisotopic (exact) mass is 449 g/mol. The topological polar surface area (TPSA) is 174 Å². The molecule has 3 aromatic carbocycles. The van der Waals surface area contributed by atoms with Crippen LogP contribution in [0.3, 0.4) is 0 Å². The summed E-state index contributed by atoms with van der Waals surface area (Å²) < 4.78 is 0. The van der Waals surface area contributed by atoms with E-state index in [0.29, 0.717) is 0 Å². The second kappa shape index (κ2) is 9.78. The summed E-state index contributed by atoms with van der Waals surface area (Å²) in [7, 11) is 0. The second-order valence-corrected chi connectivity index (χ2v) is 6.55. The fourth-order valence-electron chi connectivity index (χ4n) is 2.67. The molecule has 0 aliphatic carbocycles. The number of nitro groups is 2. The quantitative estimate of drug-likeness (QED) is 0.383. The summed E-state index contributed by atoms with van der Waals surface area (Å²) in [6.07, 6.45) is 0. The molecule has 0 aliphatic heterocycles. The van der Waals surface area contributed by atoms with Crippen LogP contribution in [0.2, 0.25) is 0 Å². The number of rotatable bonds is 6. The van der Waals surface area contributed by atoms with Gasteiger partial charge in [-0.15, -0.1) is 0 Å². The van der Waals surface area contributed by atoms with Crippen molar-refractivity contribution >= 4 is 34.8 Å². The van der Waals surface area contributed by atoms with Crippen LogP contribution in [0.15, 0.2) is 72.8 Å². The normalized spacial score (nSPS) is 10.1. The van der Waals surface area contributed by atoms with Crippen molar-refractivity contribution in [2.75, 3.05) is 5.32 Å². The van der Waals surface area contributed by atoms with Gasteiger partial charge < -0.3 is 5.32 Å². The first kappa shape index (κ1) is 22.6. The largest absolute Gasteiger partial charge is 0.322 e. The van der Waals surface area contributed by atoms with E-state index in [-0.39, 0.29) is 33.8 Å². The number of nitrogens with one attached hydrogen (secondary N) is 3. The highest BCUT2D eigenvalue weighted by Gasteiger charge is 2.13. The maximum absolute atomic E-state index is 12.3. The molecule has 3 rings (SSSR count). The number of hydrazine groups is 1. The number of amides is 3. The van der Waals surface area contributed by atoms with Crippen molar-refractivity contribution in [1.29, 1.82) is 0 Å². The van der Waals surface area contributed by atoms with Gasteiger partial charge in [0.15, 0.2) is 0 Å². The highest BCUT2D eigenvalue weighted by atomic mass is 16.6. The van der Waals surface area contributed by atoms with Gasteiger partial charge in [-0.05, 0) is 42.5 Å². The minimum atomic E-state index is -0.680. The van der Waals surface area contributed by atoms with Crippen molar-refractivity contribution in [3.05, 3.63) is 110 Å². The first-order valence-corrected chi connectivity index (χ1v) is 9.25. The van der Waals surface area contributed by atoms with Gasteiger partial charge in [0.2, 0.25) is 0 Å². The Hall–Kier alpha value is -5.13. The fourth-order valence-corrected chi connectivity index (χ4v) is 2.67. The number of carbonyl (C=O) groups is 3. The summed E-state index contributed by atoms with van der Waals surface area (Å²) in [6.45, 7) is 0. The molecule has 0 fully saturated rings. The van der Waals surface area contributed by atoms with Crippen LogP contribution in [-0.2, 0) is 0 Å². The summed E-state index contributed by atoms with van der Waals surface area (Å²) >= 11 is 0. The van der Waals surface area contributed by atoms with Crippen LogP contribution < -0.4 is 16.2 Å². The van der Waals surface area contributed by atoms with Crippen LogP contribution >= 0.6 is 0 Å². The summed E-state index contributed by atoms with van der Waals surface area (Å²) in [5.41, 5.74) is 4.78. The number of non-ortho nitro benzene ring substituents is 2. The molecule has 0 saturated heterocycles. The zero-order valence-electron chi connectivity index (χ0n) is 16.7. The third-order valence-electron chi connectivity index (χ3n) is 4.35. The molecule has 0 aromatic heterocycles. The van der Waals surface area contributed by atoms with Crippen molar-refractivity contribution in [2.24, 2.45) is 0 Å². The summed E-state index contributed by atoms with van der Waals surface area (Å²) in [5, 5.41) is 23.9. The summed E-state index contributed by atoms with van der Waals surface area (Å²) in [6, 6.07) is 15.7. The van der Waals surface area contributed by atoms with Crippen molar-refractivity contribution in [3.63, 3.8) is 0 Å². The predicted molar refractivity (Wildman–Crippen MR) is 116 cm³/mol. The lowest BCUT2D eigenvalue weighted by atomic mass is 10.1. The Labute approximate surface area is 185 Å². The lowest BCUT2D eigenvalue weighted by Crippen LogP contribution is -2.41. The molecule has 33 heavy (non-hydrogen) atoms. The standard InChI is InChI=1S/C21H15N5O7/c27-19(13-4-8-17(9-5-13)25(30)31)22-16-3-1-2-15(12-16)21(29)24-23-20(28)14-6-10-18(11-7-14)26(32)33/h1-12H,(H,22,27)(H,23,28)(H,24,29). The van der Waals surface area contributed by atoms with Gasteiger partial charge in [-0.1, -0.05) is 6.07 Å². The van der Waals surface area contributed by atoms with Crippen molar-refractivity contribution in [3.8, 4) is 0 Å². The molecule has 3 aromatic rings. The molecule has 12 heteroatoms. The zero-order chi connectivity index (χ0) is 24.0. The van der Waals surface area contributed by atoms with Gasteiger partial charge in [0.05, 0.1) is 9.85 Å². The number of nitrogens with zero attached hydrogens (tertiary/aromatic N) is 2. The molecule has 12 nitrogen and oxygen atoms in total. The lowest BCUT2D eigenvalue weighted by molar-refractivity contribution is -0.385. The predicted octanol–water partition coefficient (Wildman–Crippen LogP) is 2.83. The van der Waals surface area contributed by atoms with E-state index in [2.05, 4.69) is 16.2 Å². The van der Waals surface area contributed by atoms with Crippen LogP contribution in [0.25, 0.3) is 0 Å². The van der Waals surface area contributed by atoms with Crippen LogP contribution in [0.1, 0.15) is 31.1 Å². The van der Waals surface area contributed by atoms with Crippen molar-refractivity contribution in [1.82, 2.24) is 10.9 Å². The minimum Gasteiger partial charge on any atom is -0.322 e. The van der Waals surface area contributed by atoms with E-state index in [1.807, 2.05) is 0 Å². The van der Waals surface area contributed by atoms with Crippen molar-refractivity contribution in [2.45, 2.75) is 0 Å². The van der Waals surface area contributed by atoms with Crippen LogP contribution in [0.5, 0.6) is 0 Å². The number of nitro benzene ring substituents is 2. The molecule has 0 atom stereocenters. The Bertz CT molecular complexity index is 1240. The highest BCUT2D eigenvalue weighted by Crippen LogP contribution is 2.16. The number of carbonyl (C=O) groups excluding carboxylic acids is 3. The molecule has 3 amide bonds. The SMILES string of the molecule is O=C(NNC(=O)c1cccc(NC(=O)c2ccc([N+](=O)[O-])cc2)c1)c1ccc([N+](=O)[O-])cc1. The minimum absolute atomic E-state index is 0.102. The number of hydrogen-bond donors (Lipinski definition) is 3. The van der Waals surface area contributed by atoms with E-state index in [0.717, 1.165) is 12.1 Å².